The molecule has 1 fully saturated rings. The maximum Gasteiger partial charge on any atom is 0.0426 e. The maximum atomic E-state index is 2.56. The van der Waals surface area contributed by atoms with E-state index in [0.717, 1.165) is 13.1 Å². The van der Waals surface area contributed by atoms with Gasteiger partial charge in [-0.15, -0.1) is 0 Å². The molecule has 4 rings (SSSR count). The van der Waals surface area contributed by atoms with Gasteiger partial charge in [0.25, 0.3) is 0 Å². The zero-order valence-electron chi connectivity index (χ0n) is 16.6. The molecule has 0 spiro atoms. The van der Waals surface area contributed by atoms with Crippen LogP contribution in [0.1, 0.15) is 11.1 Å². The second kappa shape index (κ2) is 9.31. The summed E-state index contributed by atoms with van der Waals surface area (Å²) in [5.41, 5.74) is 6.55. The molecule has 1 aliphatic heterocycles. The van der Waals surface area contributed by atoms with Crippen LogP contribution in [0.25, 0.3) is 11.1 Å². The predicted molar refractivity (Wildman–Crippen MR) is 123 cm³/mol. The highest BCUT2D eigenvalue weighted by Gasteiger charge is 2.11. The van der Waals surface area contributed by atoms with Gasteiger partial charge in [-0.25, -0.2) is 0 Å². The Morgan fingerprint density at radius 1 is 0.750 bits per heavy atom. The average molecular weight is 389 g/mol. The van der Waals surface area contributed by atoms with Crippen LogP contribution in [0.5, 0.6) is 0 Å². The zero-order chi connectivity index (χ0) is 19.2. The van der Waals surface area contributed by atoms with E-state index in [-0.39, 0.29) is 0 Å². The molecule has 0 aliphatic carbocycles. The standard InChI is InChI=1S/C25H28N2S/c1-26(19-21-7-11-24(12-8-21)23-5-3-2-4-6-23)25-13-9-22(10-14-25)20-27-15-17-28-18-16-27/h2-14H,15-20H2,1H3. The van der Waals surface area contributed by atoms with E-state index in [1.807, 2.05) is 0 Å². The normalized spacial score (nSPS) is 14.8. The Kier molecular flexibility index (Phi) is 6.35. The third-order valence-electron chi connectivity index (χ3n) is 5.37. The fourth-order valence-electron chi connectivity index (χ4n) is 3.67. The summed E-state index contributed by atoms with van der Waals surface area (Å²) in [5, 5.41) is 0. The zero-order valence-corrected chi connectivity index (χ0v) is 17.4. The molecule has 3 aromatic rings. The second-order valence-electron chi connectivity index (χ2n) is 7.47. The average Bonchev–Trinajstić information content (AvgIpc) is 2.76. The summed E-state index contributed by atoms with van der Waals surface area (Å²) in [6.45, 7) is 4.42. The fourth-order valence-corrected chi connectivity index (χ4v) is 4.65. The number of anilines is 1. The molecular weight excluding hydrogens is 360 g/mol. The van der Waals surface area contributed by atoms with Crippen molar-refractivity contribution in [1.82, 2.24) is 4.90 Å². The molecule has 0 radical (unpaired) electrons. The Hall–Kier alpha value is -2.23. The topological polar surface area (TPSA) is 6.48 Å². The summed E-state index contributed by atoms with van der Waals surface area (Å²) in [6.07, 6.45) is 0. The van der Waals surface area contributed by atoms with E-state index in [1.54, 1.807) is 0 Å². The first-order chi connectivity index (χ1) is 13.8. The molecule has 0 bridgehead atoms. The van der Waals surface area contributed by atoms with Crippen LogP contribution >= 0.6 is 11.8 Å². The highest BCUT2D eigenvalue weighted by molar-refractivity contribution is 7.99. The summed E-state index contributed by atoms with van der Waals surface area (Å²) >= 11 is 2.07. The van der Waals surface area contributed by atoms with E-state index in [9.17, 15) is 0 Å². The Labute approximate surface area is 173 Å². The SMILES string of the molecule is CN(Cc1ccc(-c2ccccc2)cc1)c1ccc(CN2CCSCC2)cc1. The van der Waals surface area contributed by atoms with Crippen LogP contribution in [-0.2, 0) is 13.1 Å². The summed E-state index contributed by atoms with van der Waals surface area (Å²) in [4.78, 5) is 4.88. The van der Waals surface area contributed by atoms with Crippen LogP contribution in [-0.4, -0.2) is 36.5 Å². The summed E-state index contributed by atoms with van der Waals surface area (Å²) in [5.74, 6) is 2.54. The van der Waals surface area contributed by atoms with Crippen LogP contribution in [0, 0.1) is 0 Å². The van der Waals surface area contributed by atoms with Crippen molar-refractivity contribution in [3.63, 3.8) is 0 Å². The number of benzene rings is 3. The van der Waals surface area contributed by atoms with E-state index in [4.69, 9.17) is 0 Å². The molecule has 0 saturated carbocycles. The number of rotatable bonds is 6. The molecule has 0 amide bonds. The number of nitrogens with zero attached hydrogens (tertiary/aromatic N) is 2. The van der Waals surface area contributed by atoms with Crippen molar-refractivity contribution < 1.29 is 0 Å². The Balaban J connectivity index is 1.36. The van der Waals surface area contributed by atoms with Crippen molar-refractivity contribution in [2.45, 2.75) is 13.1 Å². The van der Waals surface area contributed by atoms with Crippen LogP contribution in [0.15, 0.2) is 78.9 Å². The predicted octanol–water partition coefficient (Wildman–Crippen LogP) is 5.54. The van der Waals surface area contributed by atoms with Gasteiger partial charge in [0.1, 0.15) is 0 Å². The first kappa shape index (κ1) is 19.1. The van der Waals surface area contributed by atoms with Gasteiger partial charge < -0.3 is 4.90 Å². The molecule has 1 heterocycles. The number of hydrogen-bond acceptors (Lipinski definition) is 3. The van der Waals surface area contributed by atoms with Gasteiger partial charge in [-0.05, 0) is 34.4 Å². The molecule has 0 unspecified atom stereocenters. The lowest BCUT2D eigenvalue weighted by Gasteiger charge is -2.26. The summed E-state index contributed by atoms with van der Waals surface area (Å²) in [7, 11) is 2.17. The van der Waals surface area contributed by atoms with Crippen molar-refractivity contribution in [3.8, 4) is 11.1 Å². The van der Waals surface area contributed by atoms with Gasteiger partial charge in [0, 0.05) is 50.4 Å². The molecule has 0 atom stereocenters. The molecule has 3 heteroatoms. The van der Waals surface area contributed by atoms with E-state index >= 15 is 0 Å². The summed E-state index contributed by atoms with van der Waals surface area (Å²) in [6, 6.07) is 28.5. The molecule has 3 aromatic carbocycles. The lowest BCUT2D eigenvalue weighted by molar-refractivity contribution is 0.294. The van der Waals surface area contributed by atoms with Crippen LogP contribution < -0.4 is 4.90 Å². The van der Waals surface area contributed by atoms with Gasteiger partial charge in [-0.2, -0.15) is 11.8 Å². The van der Waals surface area contributed by atoms with Crippen molar-refractivity contribution in [2.24, 2.45) is 0 Å². The van der Waals surface area contributed by atoms with E-state index in [0.29, 0.717) is 0 Å². The molecular formula is C25H28N2S. The minimum Gasteiger partial charge on any atom is -0.370 e. The van der Waals surface area contributed by atoms with Gasteiger partial charge in [0.15, 0.2) is 0 Å². The highest BCUT2D eigenvalue weighted by Crippen LogP contribution is 2.22. The number of thioether (sulfide) groups is 1. The van der Waals surface area contributed by atoms with Crippen LogP contribution in [0.4, 0.5) is 5.69 Å². The van der Waals surface area contributed by atoms with Crippen LogP contribution in [0.2, 0.25) is 0 Å². The molecule has 2 nitrogen and oxygen atoms in total. The van der Waals surface area contributed by atoms with Crippen molar-refractivity contribution in [1.29, 1.82) is 0 Å². The molecule has 0 aromatic heterocycles. The Morgan fingerprint density at radius 2 is 1.36 bits per heavy atom. The molecule has 28 heavy (non-hydrogen) atoms. The molecule has 144 valence electrons. The Bertz CT molecular complexity index is 853. The van der Waals surface area contributed by atoms with E-state index in [2.05, 4.69) is 107 Å². The monoisotopic (exact) mass is 388 g/mol. The van der Waals surface area contributed by atoms with Crippen molar-refractivity contribution in [2.75, 3.05) is 36.5 Å². The molecule has 1 saturated heterocycles. The smallest absolute Gasteiger partial charge is 0.0426 e. The fraction of sp³-hybridized carbons (Fsp3) is 0.280. The van der Waals surface area contributed by atoms with Gasteiger partial charge >= 0.3 is 0 Å². The third kappa shape index (κ3) is 4.98. The first-order valence-corrected chi connectivity index (χ1v) is 11.2. The van der Waals surface area contributed by atoms with Gasteiger partial charge in [0.2, 0.25) is 0 Å². The molecule has 1 aliphatic rings. The van der Waals surface area contributed by atoms with Crippen molar-refractivity contribution >= 4 is 17.4 Å². The van der Waals surface area contributed by atoms with Gasteiger partial charge in [-0.1, -0.05) is 66.7 Å². The lowest BCUT2D eigenvalue weighted by Crippen LogP contribution is -2.31. The van der Waals surface area contributed by atoms with E-state index in [1.165, 1.54) is 52.5 Å². The minimum atomic E-state index is 0.914. The highest BCUT2D eigenvalue weighted by atomic mass is 32.2. The van der Waals surface area contributed by atoms with Crippen molar-refractivity contribution in [3.05, 3.63) is 90.0 Å². The number of hydrogen-bond donors (Lipinski definition) is 0. The first-order valence-electron chi connectivity index (χ1n) is 10.0. The van der Waals surface area contributed by atoms with E-state index < -0.39 is 0 Å². The largest absolute Gasteiger partial charge is 0.370 e. The summed E-state index contributed by atoms with van der Waals surface area (Å²) < 4.78 is 0. The van der Waals surface area contributed by atoms with Gasteiger partial charge in [0.05, 0.1) is 0 Å². The van der Waals surface area contributed by atoms with Crippen LogP contribution in [0.3, 0.4) is 0 Å². The second-order valence-corrected chi connectivity index (χ2v) is 8.70. The molecule has 0 N–H and O–H groups in total. The quantitative estimate of drug-likeness (QED) is 0.547. The lowest BCUT2D eigenvalue weighted by atomic mass is 10.0. The maximum absolute atomic E-state index is 2.56. The minimum absolute atomic E-state index is 0.914. The van der Waals surface area contributed by atoms with Gasteiger partial charge in [-0.3, -0.25) is 4.90 Å². The Morgan fingerprint density at radius 3 is 2.04 bits per heavy atom. The third-order valence-corrected chi connectivity index (χ3v) is 6.31.